The fourth-order valence-electron chi connectivity index (χ4n) is 1.56. The van der Waals surface area contributed by atoms with Gasteiger partial charge in [0.05, 0.1) is 0 Å². The lowest BCUT2D eigenvalue weighted by atomic mass is 9.97. The molecule has 0 atom stereocenters. The minimum absolute atomic E-state index is 0.203. The van der Waals surface area contributed by atoms with E-state index in [0.29, 0.717) is 0 Å². The Bertz CT molecular complexity index is 176. The predicted molar refractivity (Wildman–Crippen MR) is 56.2 cm³/mol. The largest absolute Gasteiger partial charge is 0.355 e. The molecule has 1 radical (unpaired) electrons. The summed E-state index contributed by atoms with van der Waals surface area (Å²) < 4.78 is 0. The number of carbonyl (C=O) groups excluding carboxylic acids is 1. The third kappa shape index (κ3) is 4.07. The van der Waals surface area contributed by atoms with Gasteiger partial charge in [-0.3, -0.25) is 4.79 Å². The van der Waals surface area contributed by atoms with Crippen LogP contribution in [0.15, 0.2) is 0 Å². The average molecular weight is 198 g/mol. The van der Waals surface area contributed by atoms with Crippen molar-refractivity contribution in [3.63, 3.8) is 0 Å². The zero-order valence-electron chi connectivity index (χ0n) is 9.12. The number of hydrogen-bond acceptors (Lipinski definition) is 2. The third-order valence-electron chi connectivity index (χ3n) is 2.50. The SMILES string of the molecule is CN(C)CCNC(=O)C1CC[N]CC1. The molecule has 14 heavy (non-hydrogen) atoms. The van der Waals surface area contributed by atoms with E-state index in [1.807, 2.05) is 14.1 Å². The first kappa shape index (κ1) is 11.5. The van der Waals surface area contributed by atoms with Crippen LogP contribution in [0.2, 0.25) is 0 Å². The van der Waals surface area contributed by atoms with E-state index in [1.54, 1.807) is 0 Å². The molecule has 0 bridgehead atoms. The van der Waals surface area contributed by atoms with Crippen LogP contribution in [-0.2, 0) is 4.79 Å². The van der Waals surface area contributed by atoms with Crippen molar-refractivity contribution in [2.45, 2.75) is 12.8 Å². The van der Waals surface area contributed by atoms with Crippen LogP contribution < -0.4 is 10.6 Å². The number of nitrogens with zero attached hydrogens (tertiary/aromatic N) is 2. The first-order valence-electron chi connectivity index (χ1n) is 5.26. The number of hydrogen-bond donors (Lipinski definition) is 1. The molecular weight excluding hydrogens is 178 g/mol. The summed E-state index contributed by atoms with van der Waals surface area (Å²) in [5.41, 5.74) is 0. The van der Waals surface area contributed by atoms with E-state index in [-0.39, 0.29) is 11.8 Å². The molecule has 0 saturated carbocycles. The molecule has 4 heteroatoms. The number of likely N-dealkylation sites (N-methyl/N-ethyl adjacent to an activating group) is 1. The second-order valence-electron chi connectivity index (χ2n) is 4.04. The molecule has 1 aliphatic heterocycles. The second-order valence-corrected chi connectivity index (χ2v) is 4.04. The van der Waals surface area contributed by atoms with E-state index in [9.17, 15) is 4.79 Å². The highest BCUT2D eigenvalue weighted by Crippen LogP contribution is 2.11. The predicted octanol–water partition coefficient (Wildman–Crippen LogP) is -0.321. The van der Waals surface area contributed by atoms with Crippen molar-refractivity contribution in [2.75, 3.05) is 40.3 Å². The number of carbonyl (C=O) groups is 1. The summed E-state index contributed by atoms with van der Waals surface area (Å²) >= 11 is 0. The third-order valence-corrected chi connectivity index (χ3v) is 2.50. The van der Waals surface area contributed by atoms with E-state index >= 15 is 0 Å². The van der Waals surface area contributed by atoms with Crippen molar-refractivity contribution in [3.05, 3.63) is 0 Å². The van der Waals surface area contributed by atoms with Gasteiger partial charge in [-0.2, -0.15) is 0 Å². The lowest BCUT2D eigenvalue weighted by Gasteiger charge is -2.21. The maximum Gasteiger partial charge on any atom is 0.223 e. The molecular formula is C10H20N3O. The fourth-order valence-corrected chi connectivity index (χ4v) is 1.56. The molecule has 1 N–H and O–H groups in total. The van der Waals surface area contributed by atoms with Gasteiger partial charge in [-0.15, -0.1) is 0 Å². The normalized spacial score (nSPS) is 18.5. The molecule has 0 aromatic carbocycles. The van der Waals surface area contributed by atoms with Crippen molar-refractivity contribution < 1.29 is 4.79 Å². The highest BCUT2D eigenvalue weighted by Gasteiger charge is 2.20. The molecule has 1 heterocycles. The van der Waals surface area contributed by atoms with E-state index in [2.05, 4.69) is 15.5 Å². The Morgan fingerprint density at radius 3 is 2.64 bits per heavy atom. The molecule has 4 nitrogen and oxygen atoms in total. The number of nitrogens with one attached hydrogen (secondary N) is 1. The lowest BCUT2D eigenvalue weighted by molar-refractivity contribution is -0.125. The quantitative estimate of drug-likeness (QED) is 0.673. The Morgan fingerprint density at radius 1 is 1.43 bits per heavy atom. The van der Waals surface area contributed by atoms with Gasteiger partial charge >= 0.3 is 0 Å². The zero-order chi connectivity index (χ0) is 10.4. The minimum Gasteiger partial charge on any atom is -0.355 e. The lowest BCUT2D eigenvalue weighted by Crippen LogP contribution is -2.38. The maximum atomic E-state index is 11.6. The van der Waals surface area contributed by atoms with Gasteiger partial charge in [0.25, 0.3) is 0 Å². The summed E-state index contributed by atoms with van der Waals surface area (Å²) in [5.74, 6) is 0.413. The monoisotopic (exact) mass is 198 g/mol. The van der Waals surface area contributed by atoms with Gasteiger partial charge < -0.3 is 10.2 Å². The van der Waals surface area contributed by atoms with Gasteiger partial charge in [-0.05, 0) is 26.9 Å². The van der Waals surface area contributed by atoms with Gasteiger partial charge in [0.15, 0.2) is 0 Å². The summed E-state index contributed by atoms with van der Waals surface area (Å²) in [6, 6.07) is 0. The molecule has 0 spiro atoms. The van der Waals surface area contributed by atoms with Gasteiger partial charge in [-0.25, -0.2) is 5.32 Å². The molecule has 81 valence electrons. The van der Waals surface area contributed by atoms with Gasteiger partial charge in [0.1, 0.15) is 0 Å². The molecule has 1 rings (SSSR count). The summed E-state index contributed by atoms with van der Waals surface area (Å²) in [6.07, 6.45) is 1.85. The highest BCUT2D eigenvalue weighted by molar-refractivity contribution is 5.78. The molecule has 1 aliphatic rings. The van der Waals surface area contributed by atoms with Crippen molar-refractivity contribution in [3.8, 4) is 0 Å². The van der Waals surface area contributed by atoms with Crippen LogP contribution in [0.5, 0.6) is 0 Å². The molecule has 0 aromatic heterocycles. The van der Waals surface area contributed by atoms with E-state index < -0.39 is 0 Å². The number of piperidine rings is 1. The molecule has 0 aromatic rings. The first-order valence-corrected chi connectivity index (χ1v) is 5.26. The Labute approximate surface area is 86.0 Å². The van der Waals surface area contributed by atoms with Crippen LogP contribution in [0.25, 0.3) is 0 Å². The standard InChI is InChI=1S/C10H20N3O/c1-13(2)8-7-12-10(14)9-3-5-11-6-4-9/h9H,3-8H2,1-2H3,(H,12,14). The Kier molecular flexibility index (Phi) is 4.90. The van der Waals surface area contributed by atoms with E-state index in [0.717, 1.165) is 39.0 Å². The summed E-state index contributed by atoms with van der Waals surface area (Å²) in [6.45, 7) is 3.36. The first-order chi connectivity index (χ1) is 6.70. The molecule has 1 saturated heterocycles. The fraction of sp³-hybridized carbons (Fsp3) is 0.900. The van der Waals surface area contributed by atoms with Crippen LogP contribution in [0.1, 0.15) is 12.8 Å². The maximum absolute atomic E-state index is 11.6. The zero-order valence-corrected chi connectivity index (χ0v) is 9.12. The number of amides is 1. The van der Waals surface area contributed by atoms with Crippen molar-refractivity contribution in [1.29, 1.82) is 0 Å². The van der Waals surface area contributed by atoms with Crippen LogP contribution in [-0.4, -0.2) is 51.1 Å². The van der Waals surface area contributed by atoms with Crippen LogP contribution in [0.3, 0.4) is 0 Å². The summed E-state index contributed by atoms with van der Waals surface area (Å²) in [5, 5.41) is 7.19. The van der Waals surface area contributed by atoms with E-state index in [4.69, 9.17) is 0 Å². The van der Waals surface area contributed by atoms with E-state index in [1.165, 1.54) is 0 Å². The van der Waals surface area contributed by atoms with Crippen LogP contribution >= 0.6 is 0 Å². The van der Waals surface area contributed by atoms with Crippen molar-refractivity contribution >= 4 is 5.91 Å². The van der Waals surface area contributed by atoms with Crippen LogP contribution in [0.4, 0.5) is 0 Å². The minimum atomic E-state index is 0.203. The Balaban J connectivity index is 2.13. The topological polar surface area (TPSA) is 46.4 Å². The van der Waals surface area contributed by atoms with Gasteiger partial charge in [0.2, 0.25) is 5.91 Å². The number of rotatable bonds is 4. The summed E-state index contributed by atoms with van der Waals surface area (Å²) in [4.78, 5) is 13.7. The van der Waals surface area contributed by atoms with Crippen molar-refractivity contribution in [1.82, 2.24) is 15.5 Å². The molecule has 0 aliphatic carbocycles. The van der Waals surface area contributed by atoms with Gasteiger partial charge in [-0.1, -0.05) is 0 Å². The highest BCUT2D eigenvalue weighted by atomic mass is 16.1. The Hall–Kier alpha value is -0.610. The molecule has 1 amide bonds. The summed E-state index contributed by atoms with van der Waals surface area (Å²) in [7, 11) is 4.01. The second kappa shape index (κ2) is 5.98. The average Bonchev–Trinajstić information content (AvgIpc) is 2.18. The Morgan fingerprint density at radius 2 is 2.07 bits per heavy atom. The smallest absolute Gasteiger partial charge is 0.223 e. The van der Waals surface area contributed by atoms with Crippen LogP contribution in [0, 0.1) is 5.92 Å². The molecule has 0 unspecified atom stereocenters. The van der Waals surface area contributed by atoms with Gasteiger partial charge in [0, 0.05) is 32.1 Å². The van der Waals surface area contributed by atoms with Crippen molar-refractivity contribution in [2.24, 2.45) is 5.92 Å². The molecule has 1 fully saturated rings.